The van der Waals surface area contributed by atoms with Crippen molar-refractivity contribution < 1.29 is 27.9 Å². The number of aromatic nitrogens is 2. The molecule has 0 aromatic carbocycles. The molecule has 2 heterocycles. The van der Waals surface area contributed by atoms with Gasteiger partial charge in [0.25, 0.3) is 0 Å². The maximum Gasteiger partial charge on any atom is 0.445 e. The van der Waals surface area contributed by atoms with Crippen LogP contribution in [0.3, 0.4) is 0 Å². The zero-order valence-corrected chi connectivity index (χ0v) is 9.46. The lowest BCUT2D eigenvalue weighted by Crippen LogP contribution is -2.25. The van der Waals surface area contributed by atoms with Gasteiger partial charge in [0.05, 0.1) is 5.92 Å². The molecule has 0 unspecified atom stereocenters. The quantitative estimate of drug-likeness (QED) is 0.874. The summed E-state index contributed by atoms with van der Waals surface area (Å²) in [6, 6.07) is 0. The molecule has 0 aliphatic carbocycles. The molecule has 1 N–H and O–H groups in total. The number of hydrogen-bond donors (Lipinski definition) is 1. The molecule has 1 saturated heterocycles. The zero-order valence-electron chi connectivity index (χ0n) is 8.64. The van der Waals surface area contributed by atoms with Crippen molar-refractivity contribution in [1.82, 2.24) is 10.2 Å². The highest BCUT2D eigenvalue weighted by atomic mass is 32.1. The number of carboxylic acids is 1. The number of anilines is 1. The van der Waals surface area contributed by atoms with Crippen LogP contribution in [0.1, 0.15) is 11.4 Å². The van der Waals surface area contributed by atoms with Crippen LogP contribution in [0.15, 0.2) is 0 Å². The smallest absolute Gasteiger partial charge is 0.445 e. The highest BCUT2D eigenvalue weighted by molar-refractivity contribution is 7.15. The third-order valence-electron chi connectivity index (χ3n) is 2.36. The van der Waals surface area contributed by atoms with Crippen molar-refractivity contribution in [2.45, 2.75) is 12.6 Å². The third-order valence-corrected chi connectivity index (χ3v) is 3.35. The molecule has 6 nitrogen and oxygen atoms in total. The number of alkyl halides is 3. The fraction of sp³-hybridized carbons (Fsp3) is 0.500. The van der Waals surface area contributed by atoms with Crippen molar-refractivity contribution in [3.05, 3.63) is 5.01 Å². The monoisotopic (exact) mass is 281 g/mol. The number of carboxylic acid groups (broad SMARTS) is 1. The first kappa shape index (κ1) is 12.7. The minimum atomic E-state index is -4.62. The first-order chi connectivity index (χ1) is 8.29. The number of carbonyl (C=O) groups excluding carboxylic acids is 1. The van der Waals surface area contributed by atoms with Crippen molar-refractivity contribution >= 4 is 28.3 Å². The molecule has 1 amide bonds. The fourth-order valence-corrected chi connectivity index (χ4v) is 2.24. The Balaban J connectivity index is 2.20. The molecule has 2 rings (SSSR count). The van der Waals surface area contributed by atoms with Crippen LogP contribution in [0.2, 0.25) is 0 Å². The summed E-state index contributed by atoms with van der Waals surface area (Å²) in [6.45, 7) is -0.180. The Bertz CT molecular complexity index is 501. The Labute approximate surface area is 102 Å². The molecule has 1 fully saturated rings. The lowest BCUT2D eigenvalue weighted by atomic mass is 10.1. The predicted octanol–water partition coefficient (Wildman–Crippen LogP) is 0.994. The van der Waals surface area contributed by atoms with Gasteiger partial charge in [0.2, 0.25) is 16.0 Å². The van der Waals surface area contributed by atoms with Crippen LogP contribution in [0.5, 0.6) is 0 Å². The molecule has 98 valence electrons. The molecule has 1 aromatic rings. The number of aliphatic carboxylic acids is 1. The van der Waals surface area contributed by atoms with Gasteiger partial charge in [-0.15, -0.1) is 10.2 Å². The van der Waals surface area contributed by atoms with E-state index in [4.69, 9.17) is 5.11 Å². The molecule has 1 aromatic heterocycles. The second-order valence-corrected chi connectivity index (χ2v) is 4.59. The van der Waals surface area contributed by atoms with E-state index in [9.17, 15) is 22.8 Å². The minimum absolute atomic E-state index is 0.180. The summed E-state index contributed by atoms with van der Waals surface area (Å²) in [5, 5.41) is 13.6. The van der Waals surface area contributed by atoms with Gasteiger partial charge in [-0.2, -0.15) is 13.2 Å². The number of nitrogens with zero attached hydrogens (tertiary/aromatic N) is 3. The van der Waals surface area contributed by atoms with Crippen molar-refractivity contribution in [1.29, 1.82) is 0 Å². The molecule has 0 spiro atoms. The zero-order chi connectivity index (χ0) is 13.5. The second kappa shape index (κ2) is 4.19. The van der Waals surface area contributed by atoms with Crippen LogP contribution < -0.4 is 4.90 Å². The molecular formula is C8H6F3N3O3S. The molecule has 0 radical (unpaired) electrons. The van der Waals surface area contributed by atoms with Crippen molar-refractivity contribution in [2.75, 3.05) is 11.4 Å². The van der Waals surface area contributed by atoms with Crippen molar-refractivity contribution in [3.8, 4) is 0 Å². The lowest BCUT2D eigenvalue weighted by molar-refractivity contribution is -0.141. The Morgan fingerprint density at radius 1 is 1.44 bits per heavy atom. The first-order valence-corrected chi connectivity index (χ1v) is 5.54. The van der Waals surface area contributed by atoms with Gasteiger partial charge in [-0.3, -0.25) is 14.5 Å². The van der Waals surface area contributed by atoms with E-state index in [0.717, 1.165) is 4.90 Å². The fourth-order valence-electron chi connectivity index (χ4n) is 1.50. The molecule has 0 saturated carbocycles. The van der Waals surface area contributed by atoms with Crippen LogP contribution in [0.4, 0.5) is 18.3 Å². The lowest BCUT2D eigenvalue weighted by Gasteiger charge is -2.10. The van der Waals surface area contributed by atoms with E-state index in [2.05, 4.69) is 10.2 Å². The molecular weight excluding hydrogens is 275 g/mol. The summed E-state index contributed by atoms with van der Waals surface area (Å²) >= 11 is 0.220. The Morgan fingerprint density at radius 3 is 2.56 bits per heavy atom. The van der Waals surface area contributed by atoms with Gasteiger partial charge in [-0.05, 0) is 0 Å². The van der Waals surface area contributed by atoms with Gasteiger partial charge in [0, 0.05) is 13.0 Å². The van der Waals surface area contributed by atoms with E-state index in [1.165, 1.54) is 0 Å². The standard InChI is InChI=1S/C8H6F3N3O3S/c9-8(10,11)6-12-13-7(18-6)14-2-3(5(16)17)1-4(14)15/h3H,1-2H2,(H,16,17)/t3-/m1/s1. The van der Waals surface area contributed by atoms with Gasteiger partial charge < -0.3 is 5.11 Å². The van der Waals surface area contributed by atoms with Crippen LogP contribution in [0, 0.1) is 5.92 Å². The SMILES string of the molecule is O=C(O)[C@@H]1CC(=O)N(c2nnc(C(F)(F)F)s2)C1. The molecule has 0 bridgehead atoms. The summed E-state index contributed by atoms with van der Waals surface area (Å²) < 4.78 is 36.9. The van der Waals surface area contributed by atoms with E-state index in [0.29, 0.717) is 0 Å². The summed E-state index contributed by atoms with van der Waals surface area (Å²) in [6.07, 6.45) is -4.86. The largest absolute Gasteiger partial charge is 0.481 e. The van der Waals surface area contributed by atoms with Gasteiger partial charge in [0.15, 0.2) is 0 Å². The van der Waals surface area contributed by atoms with Crippen LogP contribution in [-0.2, 0) is 15.8 Å². The Morgan fingerprint density at radius 2 is 2.11 bits per heavy atom. The average molecular weight is 281 g/mol. The van der Waals surface area contributed by atoms with E-state index < -0.39 is 29.0 Å². The van der Waals surface area contributed by atoms with Crippen molar-refractivity contribution in [2.24, 2.45) is 5.92 Å². The molecule has 1 aliphatic rings. The van der Waals surface area contributed by atoms with Crippen molar-refractivity contribution in [3.63, 3.8) is 0 Å². The van der Waals surface area contributed by atoms with E-state index in [1.807, 2.05) is 0 Å². The van der Waals surface area contributed by atoms with Crippen LogP contribution in [-0.4, -0.2) is 33.7 Å². The Kier molecular flexibility index (Phi) is 2.97. The van der Waals surface area contributed by atoms with Gasteiger partial charge in [-0.25, -0.2) is 0 Å². The van der Waals surface area contributed by atoms with Gasteiger partial charge in [0.1, 0.15) is 0 Å². The van der Waals surface area contributed by atoms with E-state index in [-0.39, 0.29) is 29.4 Å². The molecule has 18 heavy (non-hydrogen) atoms. The van der Waals surface area contributed by atoms with E-state index in [1.54, 1.807) is 0 Å². The van der Waals surface area contributed by atoms with E-state index >= 15 is 0 Å². The second-order valence-electron chi connectivity index (χ2n) is 3.63. The summed E-state index contributed by atoms with van der Waals surface area (Å²) in [5.41, 5.74) is 0. The van der Waals surface area contributed by atoms with Gasteiger partial charge >= 0.3 is 12.1 Å². The molecule has 1 atom stereocenters. The third kappa shape index (κ3) is 2.28. The van der Waals surface area contributed by atoms with Gasteiger partial charge in [-0.1, -0.05) is 11.3 Å². The maximum atomic E-state index is 12.3. The average Bonchev–Trinajstić information content (AvgIpc) is 2.81. The number of halogens is 3. The number of carbonyl (C=O) groups is 2. The summed E-state index contributed by atoms with van der Waals surface area (Å²) in [5.74, 6) is -2.64. The topological polar surface area (TPSA) is 83.4 Å². The summed E-state index contributed by atoms with van der Waals surface area (Å²) in [4.78, 5) is 23.1. The molecule has 1 aliphatic heterocycles. The number of hydrogen-bond acceptors (Lipinski definition) is 5. The normalized spacial score (nSPS) is 20.5. The number of rotatable bonds is 2. The number of amides is 1. The highest BCUT2D eigenvalue weighted by Crippen LogP contribution is 2.36. The summed E-state index contributed by atoms with van der Waals surface area (Å²) in [7, 11) is 0. The van der Waals surface area contributed by atoms with Crippen LogP contribution in [0.25, 0.3) is 0 Å². The first-order valence-electron chi connectivity index (χ1n) is 4.73. The Hall–Kier alpha value is -1.71. The molecule has 10 heteroatoms. The van der Waals surface area contributed by atoms with Crippen LogP contribution >= 0.6 is 11.3 Å². The minimum Gasteiger partial charge on any atom is -0.481 e. The predicted molar refractivity (Wildman–Crippen MR) is 53.0 cm³/mol. The highest BCUT2D eigenvalue weighted by Gasteiger charge is 2.40. The maximum absolute atomic E-state index is 12.3.